The van der Waals surface area contributed by atoms with E-state index in [1.807, 2.05) is 32.2 Å². The highest BCUT2D eigenvalue weighted by Gasteiger charge is 2.31. The van der Waals surface area contributed by atoms with E-state index in [1.165, 1.54) is 10.6 Å². The standard InChI is InChI=1S/C21H21ClN4O2S/c1-13-7-20-16(8-19(13)23-3)18(17-10-24-9-14(2)21(17)22)12-26(20)15-5-6-25(11-15)29(4,27)28/h7-10,12,15H,5-6,11H2,1-2,4H3. The van der Waals surface area contributed by atoms with E-state index in [9.17, 15) is 8.42 Å². The molecule has 150 valence electrons. The maximum Gasteiger partial charge on any atom is 0.211 e. The van der Waals surface area contributed by atoms with Gasteiger partial charge in [-0.3, -0.25) is 4.98 Å². The summed E-state index contributed by atoms with van der Waals surface area (Å²) in [5, 5.41) is 1.56. The molecule has 3 aromatic rings. The minimum atomic E-state index is -3.22. The molecule has 0 N–H and O–H groups in total. The summed E-state index contributed by atoms with van der Waals surface area (Å²) >= 11 is 6.59. The lowest BCUT2D eigenvalue weighted by Crippen LogP contribution is -2.27. The van der Waals surface area contributed by atoms with Gasteiger partial charge < -0.3 is 4.57 Å². The Balaban J connectivity index is 1.94. The van der Waals surface area contributed by atoms with Crippen LogP contribution in [0.3, 0.4) is 0 Å². The zero-order valence-electron chi connectivity index (χ0n) is 16.5. The van der Waals surface area contributed by atoms with Crippen molar-refractivity contribution < 1.29 is 8.42 Å². The quantitative estimate of drug-likeness (QED) is 0.566. The maximum absolute atomic E-state index is 12.0. The van der Waals surface area contributed by atoms with Crippen LogP contribution in [-0.4, -0.2) is 41.6 Å². The summed E-state index contributed by atoms with van der Waals surface area (Å²) in [6.45, 7) is 12.3. The molecule has 0 radical (unpaired) electrons. The van der Waals surface area contributed by atoms with Gasteiger partial charge in [0.25, 0.3) is 0 Å². The SMILES string of the molecule is [C-]#[N+]c1cc2c(-c3cncc(C)c3Cl)cn(C3CCN(S(C)(=O)=O)C3)c2cc1C. The van der Waals surface area contributed by atoms with E-state index in [1.54, 1.807) is 12.4 Å². The molecule has 1 unspecified atom stereocenters. The van der Waals surface area contributed by atoms with Crippen LogP contribution in [0.25, 0.3) is 26.9 Å². The van der Waals surface area contributed by atoms with Crippen LogP contribution in [0.15, 0.2) is 30.7 Å². The van der Waals surface area contributed by atoms with Crippen LogP contribution >= 0.6 is 11.6 Å². The molecular weight excluding hydrogens is 408 g/mol. The highest BCUT2D eigenvalue weighted by atomic mass is 35.5. The number of hydrogen-bond acceptors (Lipinski definition) is 3. The van der Waals surface area contributed by atoms with Crippen molar-refractivity contribution in [3.63, 3.8) is 0 Å². The topological polar surface area (TPSA) is 59.6 Å². The van der Waals surface area contributed by atoms with Gasteiger partial charge in [0, 0.05) is 54.4 Å². The normalized spacial score (nSPS) is 17.7. The van der Waals surface area contributed by atoms with Gasteiger partial charge in [0.05, 0.1) is 17.9 Å². The number of benzene rings is 1. The van der Waals surface area contributed by atoms with Crippen LogP contribution < -0.4 is 0 Å². The largest absolute Gasteiger partial charge is 0.342 e. The number of nitrogens with zero attached hydrogens (tertiary/aromatic N) is 4. The number of sulfonamides is 1. The van der Waals surface area contributed by atoms with Gasteiger partial charge in [-0.1, -0.05) is 11.6 Å². The Hall–Kier alpha value is -2.40. The third-order valence-corrected chi connectivity index (χ3v) is 7.38. The lowest BCUT2D eigenvalue weighted by atomic mass is 10.0. The summed E-state index contributed by atoms with van der Waals surface area (Å²) in [6, 6.07) is 3.92. The van der Waals surface area contributed by atoms with Gasteiger partial charge in [-0.15, -0.1) is 0 Å². The first-order valence-corrected chi connectivity index (χ1v) is 11.5. The molecule has 0 saturated carbocycles. The molecule has 8 heteroatoms. The number of fused-ring (bicyclic) bond motifs is 1. The zero-order chi connectivity index (χ0) is 20.9. The summed E-state index contributed by atoms with van der Waals surface area (Å²) in [6.07, 6.45) is 7.47. The van der Waals surface area contributed by atoms with E-state index in [-0.39, 0.29) is 6.04 Å². The van der Waals surface area contributed by atoms with E-state index in [2.05, 4.69) is 14.4 Å². The molecule has 6 nitrogen and oxygen atoms in total. The van der Waals surface area contributed by atoms with Crippen molar-refractivity contribution in [1.29, 1.82) is 0 Å². The lowest BCUT2D eigenvalue weighted by Gasteiger charge is -2.16. The summed E-state index contributed by atoms with van der Waals surface area (Å²) < 4.78 is 27.6. The zero-order valence-corrected chi connectivity index (χ0v) is 18.0. The molecule has 0 aliphatic carbocycles. The maximum atomic E-state index is 12.0. The van der Waals surface area contributed by atoms with E-state index < -0.39 is 10.0 Å². The third kappa shape index (κ3) is 3.42. The van der Waals surface area contributed by atoms with Crippen LogP contribution in [0.2, 0.25) is 5.02 Å². The Morgan fingerprint density at radius 3 is 2.62 bits per heavy atom. The molecular formula is C21H21ClN4O2S. The van der Waals surface area contributed by atoms with Gasteiger partial charge in [0.15, 0.2) is 5.69 Å². The van der Waals surface area contributed by atoms with Crippen LogP contribution in [0.4, 0.5) is 5.69 Å². The molecule has 1 fully saturated rings. The first-order valence-electron chi connectivity index (χ1n) is 9.29. The minimum Gasteiger partial charge on any atom is -0.342 e. The molecule has 2 aromatic heterocycles. The highest BCUT2D eigenvalue weighted by molar-refractivity contribution is 7.88. The van der Waals surface area contributed by atoms with Crippen LogP contribution in [0.5, 0.6) is 0 Å². The van der Waals surface area contributed by atoms with Crippen molar-refractivity contribution in [3.8, 4) is 11.1 Å². The van der Waals surface area contributed by atoms with Gasteiger partial charge in [-0.25, -0.2) is 17.6 Å². The molecule has 1 saturated heterocycles. The van der Waals surface area contributed by atoms with Crippen molar-refractivity contribution >= 4 is 38.2 Å². The van der Waals surface area contributed by atoms with Crippen molar-refractivity contribution in [1.82, 2.24) is 13.9 Å². The number of rotatable bonds is 3. The van der Waals surface area contributed by atoms with Gasteiger partial charge >= 0.3 is 0 Å². The van der Waals surface area contributed by atoms with Crippen molar-refractivity contribution in [2.75, 3.05) is 19.3 Å². The fraction of sp³-hybridized carbons (Fsp3) is 0.333. The Kier molecular flexibility index (Phi) is 4.89. The Morgan fingerprint density at radius 1 is 1.21 bits per heavy atom. The Labute approximate surface area is 175 Å². The predicted molar refractivity (Wildman–Crippen MR) is 116 cm³/mol. The van der Waals surface area contributed by atoms with Crippen molar-refractivity contribution in [2.45, 2.75) is 26.3 Å². The van der Waals surface area contributed by atoms with E-state index in [4.69, 9.17) is 18.2 Å². The second-order valence-electron chi connectivity index (χ2n) is 7.60. The van der Waals surface area contributed by atoms with E-state index in [0.717, 1.165) is 39.6 Å². The highest BCUT2D eigenvalue weighted by Crippen LogP contribution is 2.41. The average Bonchev–Trinajstić information content (AvgIpc) is 3.28. The predicted octanol–water partition coefficient (Wildman–Crippen LogP) is 4.73. The molecule has 0 bridgehead atoms. The second kappa shape index (κ2) is 7.13. The monoisotopic (exact) mass is 428 g/mol. The van der Waals surface area contributed by atoms with Gasteiger partial charge in [0.2, 0.25) is 10.0 Å². The molecule has 1 aromatic carbocycles. The summed E-state index contributed by atoms with van der Waals surface area (Å²) in [5.41, 5.74) is 5.06. The first-order chi connectivity index (χ1) is 13.7. The van der Waals surface area contributed by atoms with E-state index in [0.29, 0.717) is 23.8 Å². The minimum absolute atomic E-state index is 0.0238. The number of aromatic nitrogens is 2. The van der Waals surface area contributed by atoms with Crippen LogP contribution in [0, 0.1) is 20.4 Å². The lowest BCUT2D eigenvalue weighted by molar-refractivity contribution is 0.460. The van der Waals surface area contributed by atoms with Gasteiger partial charge in [-0.2, -0.15) is 0 Å². The number of aryl methyl sites for hydroxylation is 2. The fourth-order valence-electron chi connectivity index (χ4n) is 4.00. The first kappa shape index (κ1) is 19.9. The third-order valence-electron chi connectivity index (χ3n) is 5.60. The number of hydrogen-bond donors (Lipinski definition) is 0. The summed E-state index contributed by atoms with van der Waals surface area (Å²) in [7, 11) is -3.22. The van der Waals surface area contributed by atoms with Gasteiger partial charge in [0.1, 0.15) is 0 Å². The molecule has 1 aliphatic rings. The summed E-state index contributed by atoms with van der Waals surface area (Å²) in [4.78, 5) is 7.95. The molecule has 1 atom stereocenters. The fourth-order valence-corrected chi connectivity index (χ4v) is 5.08. The Bertz CT molecular complexity index is 1270. The molecule has 0 spiro atoms. The number of halogens is 1. The molecule has 29 heavy (non-hydrogen) atoms. The van der Waals surface area contributed by atoms with Crippen LogP contribution in [0.1, 0.15) is 23.6 Å². The van der Waals surface area contributed by atoms with Crippen molar-refractivity contribution in [3.05, 3.63) is 58.3 Å². The molecule has 3 heterocycles. The molecule has 0 amide bonds. The van der Waals surface area contributed by atoms with E-state index >= 15 is 0 Å². The molecule has 1 aliphatic heterocycles. The second-order valence-corrected chi connectivity index (χ2v) is 9.96. The Morgan fingerprint density at radius 2 is 1.97 bits per heavy atom. The summed E-state index contributed by atoms with van der Waals surface area (Å²) in [5.74, 6) is 0. The van der Waals surface area contributed by atoms with Gasteiger partial charge in [-0.05, 0) is 48.9 Å². The van der Waals surface area contributed by atoms with Crippen molar-refractivity contribution in [2.24, 2.45) is 0 Å². The number of pyridine rings is 1. The van der Waals surface area contributed by atoms with Crippen LogP contribution in [-0.2, 0) is 10.0 Å². The molecule has 4 rings (SSSR count). The smallest absolute Gasteiger partial charge is 0.211 e. The average molecular weight is 429 g/mol.